The molecule has 5 heteroatoms. The number of halogens is 2. The van der Waals surface area contributed by atoms with Gasteiger partial charge in [-0.2, -0.15) is 0 Å². The van der Waals surface area contributed by atoms with E-state index in [9.17, 15) is 0 Å². The van der Waals surface area contributed by atoms with Gasteiger partial charge in [0.2, 0.25) is 0 Å². The summed E-state index contributed by atoms with van der Waals surface area (Å²) in [4.78, 5) is 6.23. The predicted molar refractivity (Wildman–Crippen MR) is 80.7 cm³/mol. The highest BCUT2D eigenvalue weighted by atomic mass is 35.5. The smallest absolute Gasteiger partial charge is 0.147 e. The lowest BCUT2D eigenvalue weighted by molar-refractivity contribution is 0.896. The molecule has 0 fully saturated rings. The lowest BCUT2D eigenvalue weighted by atomic mass is 10.1. The van der Waals surface area contributed by atoms with E-state index in [1.807, 2.05) is 24.1 Å². The quantitative estimate of drug-likeness (QED) is 0.939. The zero-order chi connectivity index (χ0) is 13.8. The van der Waals surface area contributed by atoms with Gasteiger partial charge in [0.15, 0.2) is 0 Å². The van der Waals surface area contributed by atoms with E-state index in [4.69, 9.17) is 28.9 Å². The van der Waals surface area contributed by atoms with Gasteiger partial charge < -0.3 is 10.6 Å². The van der Waals surface area contributed by atoms with Gasteiger partial charge in [0, 0.05) is 26.3 Å². The Morgan fingerprint density at radius 2 is 1.79 bits per heavy atom. The van der Waals surface area contributed by atoms with Crippen LogP contribution in [0.25, 0.3) is 0 Å². The van der Waals surface area contributed by atoms with Crippen molar-refractivity contribution in [3.63, 3.8) is 0 Å². The van der Waals surface area contributed by atoms with E-state index in [0.29, 0.717) is 22.4 Å². The highest BCUT2D eigenvalue weighted by Gasteiger charge is 2.09. The van der Waals surface area contributed by atoms with Crippen molar-refractivity contribution in [3.8, 4) is 0 Å². The van der Waals surface area contributed by atoms with Crippen molar-refractivity contribution < 1.29 is 0 Å². The molecular weight excluding hydrogens is 281 g/mol. The summed E-state index contributed by atoms with van der Waals surface area (Å²) in [7, 11) is 1.94. The van der Waals surface area contributed by atoms with Crippen molar-refractivity contribution in [2.45, 2.75) is 13.1 Å². The third-order valence-electron chi connectivity index (χ3n) is 2.83. The molecule has 1 aromatic carbocycles. The molecule has 0 aliphatic rings. The molecule has 2 aromatic rings. The number of rotatable bonds is 4. The standard InChI is InChI=1S/C14H15Cl2N3/c1-19(14-13(16)6-12(15)8-18-14)9-11-4-2-10(7-17)3-5-11/h2-6,8H,7,9,17H2,1H3. The van der Waals surface area contributed by atoms with Gasteiger partial charge in [-0.3, -0.25) is 0 Å². The molecule has 2 N–H and O–H groups in total. The lowest BCUT2D eigenvalue weighted by Gasteiger charge is -2.19. The summed E-state index contributed by atoms with van der Waals surface area (Å²) in [5.41, 5.74) is 7.87. The van der Waals surface area contributed by atoms with Crippen molar-refractivity contribution in [2.24, 2.45) is 5.73 Å². The van der Waals surface area contributed by atoms with Crippen LogP contribution in [0.1, 0.15) is 11.1 Å². The highest BCUT2D eigenvalue weighted by Crippen LogP contribution is 2.26. The number of nitrogens with zero attached hydrogens (tertiary/aromatic N) is 2. The number of nitrogens with two attached hydrogens (primary N) is 1. The number of aromatic nitrogens is 1. The first kappa shape index (κ1) is 14.1. The van der Waals surface area contributed by atoms with Gasteiger partial charge in [-0.25, -0.2) is 4.98 Å². The molecule has 0 aliphatic heterocycles. The second-order valence-corrected chi connectivity index (χ2v) is 5.18. The summed E-state index contributed by atoms with van der Waals surface area (Å²) in [5.74, 6) is 0.717. The number of hydrogen-bond donors (Lipinski definition) is 1. The molecule has 3 nitrogen and oxygen atoms in total. The molecule has 0 spiro atoms. The van der Waals surface area contributed by atoms with Crippen LogP contribution in [-0.2, 0) is 13.1 Å². The average molecular weight is 296 g/mol. The van der Waals surface area contributed by atoms with Gasteiger partial charge in [0.25, 0.3) is 0 Å². The number of pyridine rings is 1. The maximum absolute atomic E-state index is 6.13. The lowest BCUT2D eigenvalue weighted by Crippen LogP contribution is -2.18. The summed E-state index contributed by atoms with van der Waals surface area (Å²) in [5, 5.41) is 1.09. The van der Waals surface area contributed by atoms with Crippen molar-refractivity contribution in [1.82, 2.24) is 4.98 Å². The second-order valence-electron chi connectivity index (χ2n) is 4.34. The van der Waals surface area contributed by atoms with Gasteiger partial charge in [0.05, 0.1) is 10.0 Å². The first-order valence-corrected chi connectivity index (χ1v) is 6.66. The molecule has 1 aromatic heterocycles. The summed E-state index contributed by atoms with van der Waals surface area (Å²) in [6.07, 6.45) is 1.59. The van der Waals surface area contributed by atoms with Crippen LogP contribution in [0.5, 0.6) is 0 Å². The van der Waals surface area contributed by atoms with Crippen molar-refractivity contribution in [1.29, 1.82) is 0 Å². The normalized spacial score (nSPS) is 10.5. The average Bonchev–Trinajstić information content (AvgIpc) is 2.39. The summed E-state index contributed by atoms with van der Waals surface area (Å²) < 4.78 is 0. The number of benzene rings is 1. The molecule has 0 atom stereocenters. The Kier molecular flexibility index (Phi) is 4.64. The van der Waals surface area contributed by atoms with Gasteiger partial charge in [-0.15, -0.1) is 0 Å². The topological polar surface area (TPSA) is 42.1 Å². The fourth-order valence-corrected chi connectivity index (χ4v) is 2.34. The van der Waals surface area contributed by atoms with E-state index in [2.05, 4.69) is 17.1 Å². The van der Waals surface area contributed by atoms with E-state index in [-0.39, 0.29) is 0 Å². The molecule has 2 rings (SSSR count). The third kappa shape index (κ3) is 3.60. The number of anilines is 1. The van der Waals surface area contributed by atoms with Crippen molar-refractivity contribution in [2.75, 3.05) is 11.9 Å². The highest BCUT2D eigenvalue weighted by molar-refractivity contribution is 6.35. The molecule has 0 amide bonds. The maximum atomic E-state index is 6.13. The Balaban J connectivity index is 2.13. The van der Waals surface area contributed by atoms with Crippen LogP contribution in [0.2, 0.25) is 10.0 Å². The molecule has 0 saturated carbocycles. The Hall–Kier alpha value is -1.29. The largest absolute Gasteiger partial charge is 0.354 e. The fourth-order valence-electron chi connectivity index (χ4n) is 1.82. The van der Waals surface area contributed by atoms with Crippen LogP contribution < -0.4 is 10.6 Å². The second kappa shape index (κ2) is 6.24. The van der Waals surface area contributed by atoms with Gasteiger partial charge in [0.1, 0.15) is 5.82 Å². The van der Waals surface area contributed by atoms with Gasteiger partial charge >= 0.3 is 0 Å². The summed E-state index contributed by atoms with van der Waals surface area (Å²) >= 11 is 12.0. The van der Waals surface area contributed by atoms with E-state index in [1.54, 1.807) is 12.3 Å². The van der Waals surface area contributed by atoms with Gasteiger partial charge in [-0.1, -0.05) is 47.5 Å². The van der Waals surface area contributed by atoms with Crippen LogP contribution in [0, 0.1) is 0 Å². The van der Waals surface area contributed by atoms with Crippen LogP contribution in [-0.4, -0.2) is 12.0 Å². The molecule has 0 radical (unpaired) electrons. The minimum absolute atomic E-state index is 0.537. The first-order valence-electron chi connectivity index (χ1n) is 5.90. The fraction of sp³-hybridized carbons (Fsp3) is 0.214. The minimum atomic E-state index is 0.537. The SMILES string of the molecule is CN(Cc1ccc(CN)cc1)c1ncc(Cl)cc1Cl. The van der Waals surface area contributed by atoms with Crippen LogP contribution >= 0.6 is 23.2 Å². The summed E-state index contributed by atoms with van der Waals surface area (Å²) in [6.45, 7) is 1.28. The minimum Gasteiger partial charge on any atom is -0.354 e. The molecule has 0 saturated heterocycles. The Labute approximate surface area is 123 Å². The van der Waals surface area contributed by atoms with E-state index >= 15 is 0 Å². The third-order valence-corrected chi connectivity index (χ3v) is 3.31. The van der Waals surface area contributed by atoms with Crippen molar-refractivity contribution >= 4 is 29.0 Å². The predicted octanol–water partition coefficient (Wildman–Crippen LogP) is 3.48. The van der Waals surface area contributed by atoms with Crippen LogP contribution in [0.4, 0.5) is 5.82 Å². The van der Waals surface area contributed by atoms with Crippen LogP contribution in [0.15, 0.2) is 36.5 Å². The Bertz CT molecular complexity index is 555. The zero-order valence-corrected chi connectivity index (χ0v) is 12.1. The molecule has 19 heavy (non-hydrogen) atoms. The van der Waals surface area contributed by atoms with E-state index in [1.165, 1.54) is 5.56 Å². The van der Waals surface area contributed by atoms with E-state index in [0.717, 1.165) is 12.1 Å². The van der Waals surface area contributed by atoms with E-state index < -0.39 is 0 Å². The number of hydrogen-bond acceptors (Lipinski definition) is 3. The maximum Gasteiger partial charge on any atom is 0.147 e. The molecule has 0 aliphatic carbocycles. The van der Waals surface area contributed by atoms with Crippen LogP contribution in [0.3, 0.4) is 0 Å². The monoisotopic (exact) mass is 295 g/mol. The Morgan fingerprint density at radius 3 is 2.37 bits per heavy atom. The molecule has 0 unspecified atom stereocenters. The molecular formula is C14H15Cl2N3. The molecule has 0 bridgehead atoms. The molecule has 100 valence electrons. The molecule has 1 heterocycles. The zero-order valence-electron chi connectivity index (χ0n) is 10.6. The Morgan fingerprint density at radius 1 is 1.16 bits per heavy atom. The van der Waals surface area contributed by atoms with Crippen molar-refractivity contribution in [3.05, 3.63) is 57.7 Å². The van der Waals surface area contributed by atoms with Gasteiger partial charge in [-0.05, 0) is 17.2 Å². The first-order chi connectivity index (χ1) is 9.10. The summed E-state index contributed by atoms with van der Waals surface area (Å²) in [6, 6.07) is 9.87.